The summed E-state index contributed by atoms with van der Waals surface area (Å²) < 4.78 is 24.9. The fourth-order valence-electron chi connectivity index (χ4n) is 1.34. The van der Waals surface area contributed by atoms with Crippen LogP contribution in [0.25, 0.3) is 0 Å². The SMILES string of the molecule is N#Cc1cccc(S(=O)(=O)CCSc2nncs2)c1. The van der Waals surface area contributed by atoms with Crippen LogP contribution in [0.3, 0.4) is 0 Å². The Balaban J connectivity index is 2.03. The Morgan fingerprint density at radius 2 is 2.26 bits per heavy atom. The predicted octanol–water partition coefficient (Wildman–Crippen LogP) is 1.98. The summed E-state index contributed by atoms with van der Waals surface area (Å²) in [6.07, 6.45) is 0. The van der Waals surface area contributed by atoms with Crippen LogP contribution in [0, 0.1) is 11.3 Å². The first-order valence-corrected chi connectivity index (χ1v) is 8.75. The number of nitriles is 1. The predicted molar refractivity (Wildman–Crippen MR) is 73.8 cm³/mol. The van der Waals surface area contributed by atoms with Crippen LogP contribution in [0.15, 0.2) is 39.0 Å². The minimum absolute atomic E-state index is 0.00608. The summed E-state index contributed by atoms with van der Waals surface area (Å²) in [4.78, 5) is 0.185. The second kappa shape index (κ2) is 6.14. The first kappa shape index (κ1) is 14.0. The van der Waals surface area contributed by atoms with E-state index in [2.05, 4.69) is 10.2 Å². The van der Waals surface area contributed by atoms with Gasteiger partial charge in [0.1, 0.15) is 5.51 Å². The quantitative estimate of drug-likeness (QED) is 0.785. The number of sulfone groups is 1. The van der Waals surface area contributed by atoms with Gasteiger partial charge in [-0.25, -0.2) is 8.42 Å². The van der Waals surface area contributed by atoms with Crippen molar-refractivity contribution in [2.45, 2.75) is 9.24 Å². The van der Waals surface area contributed by atoms with Crippen molar-refractivity contribution in [1.82, 2.24) is 10.2 Å². The zero-order valence-electron chi connectivity index (χ0n) is 9.68. The second-order valence-electron chi connectivity index (χ2n) is 3.51. The highest BCUT2D eigenvalue weighted by atomic mass is 32.2. The minimum atomic E-state index is -3.36. The molecule has 0 saturated carbocycles. The molecule has 0 aliphatic heterocycles. The van der Waals surface area contributed by atoms with Gasteiger partial charge in [0.05, 0.1) is 22.3 Å². The van der Waals surface area contributed by atoms with Crippen molar-refractivity contribution in [2.75, 3.05) is 11.5 Å². The van der Waals surface area contributed by atoms with E-state index in [0.29, 0.717) is 11.3 Å². The van der Waals surface area contributed by atoms with Gasteiger partial charge in [-0.3, -0.25) is 0 Å². The molecule has 0 bridgehead atoms. The highest BCUT2D eigenvalue weighted by Gasteiger charge is 2.15. The van der Waals surface area contributed by atoms with Crippen molar-refractivity contribution in [3.8, 4) is 6.07 Å². The Bertz CT molecular complexity index is 690. The molecule has 1 heterocycles. The number of rotatable bonds is 5. The molecule has 19 heavy (non-hydrogen) atoms. The van der Waals surface area contributed by atoms with Crippen LogP contribution in [0.2, 0.25) is 0 Å². The molecule has 0 spiro atoms. The third-order valence-electron chi connectivity index (χ3n) is 2.24. The van der Waals surface area contributed by atoms with Crippen molar-refractivity contribution in [1.29, 1.82) is 5.26 Å². The standard InChI is InChI=1S/C11H9N3O2S3/c12-7-9-2-1-3-10(6-9)19(15,16)5-4-17-11-14-13-8-18-11/h1-3,6,8H,4-5H2. The summed E-state index contributed by atoms with van der Waals surface area (Å²) >= 11 is 2.74. The van der Waals surface area contributed by atoms with Gasteiger partial charge in [-0.15, -0.1) is 10.2 Å². The lowest BCUT2D eigenvalue weighted by Gasteiger charge is -2.03. The summed E-state index contributed by atoms with van der Waals surface area (Å²) in [5.74, 6) is 0.417. The lowest BCUT2D eigenvalue weighted by molar-refractivity contribution is 0.597. The van der Waals surface area contributed by atoms with Crippen LogP contribution in [-0.2, 0) is 9.84 Å². The van der Waals surface area contributed by atoms with Gasteiger partial charge >= 0.3 is 0 Å². The maximum absolute atomic E-state index is 12.1. The Labute approximate surface area is 119 Å². The highest BCUT2D eigenvalue weighted by molar-refractivity contribution is 8.02. The number of benzene rings is 1. The molecule has 0 aliphatic rings. The largest absolute Gasteiger partial charge is 0.224 e. The zero-order chi connectivity index (χ0) is 13.7. The molecule has 8 heteroatoms. The number of hydrogen-bond donors (Lipinski definition) is 0. The van der Waals surface area contributed by atoms with Gasteiger partial charge in [-0.1, -0.05) is 29.2 Å². The maximum Gasteiger partial charge on any atom is 0.179 e. The van der Waals surface area contributed by atoms with E-state index in [9.17, 15) is 8.42 Å². The Morgan fingerprint density at radius 3 is 2.95 bits per heavy atom. The van der Waals surface area contributed by atoms with Crippen LogP contribution in [0.4, 0.5) is 0 Å². The van der Waals surface area contributed by atoms with Crippen LogP contribution in [0.1, 0.15) is 5.56 Å². The van der Waals surface area contributed by atoms with Crippen molar-refractivity contribution >= 4 is 32.9 Å². The highest BCUT2D eigenvalue weighted by Crippen LogP contribution is 2.21. The lowest BCUT2D eigenvalue weighted by atomic mass is 10.2. The molecule has 1 aromatic heterocycles. The summed E-state index contributed by atoms with van der Waals surface area (Å²) in [6.45, 7) is 0. The summed E-state index contributed by atoms with van der Waals surface area (Å²) in [5.41, 5.74) is 1.95. The van der Waals surface area contributed by atoms with Crippen LogP contribution < -0.4 is 0 Å². The van der Waals surface area contributed by atoms with Crippen molar-refractivity contribution < 1.29 is 8.42 Å². The van der Waals surface area contributed by atoms with Crippen molar-refractivity contribution in [2.24, 2.45) is 0 Å². The third-order valence-corrected chi connectivity index (χ3v) is 6.07. The fourth-order valence-corrected chi connectivity index (χ4v) is 4.59. The molecule has 5 nitrogen and oxygen atoms in total. The first-order valence-electron chi connectivity index (χ1n) is 5.24. The van der Waals surface area contributed by atoms with Crippen LogP contribution in [0.5, 0.6) is 0 Å². The zero-order valence-corrected chi connectivity index (χ0v) is 12.1. The normalized spacial score (nSPS) is 11.1. The molecule has 2 rings (SSSR count). The smallest absolute Gasteiger partial charge is 0.179 e. The Kier molecular flexibility index (Phi) is 4.52. The first-order chi connectivity index (χ1) is 9.12. The van der Waals surface area contributed by atoms with E-state index in [-0.39, 0.29) is 10.6 Å². The molecule has 0 saturated heterocycles. The molecule has 2 aromatic rings. The topological polar surface area (TPSA) is 83.7 Å². The van der Waals surface area contributed by atoms with Crippen molar-refractivity contribution in [3.05, 3.63) is 35.3 Å². The van der Waals surface area contributed by atoms with Gasteiger partial charge in [-0.05, 0) is 18.2 Å². The molecule has 0 unspecified atom stereocenters. The number of aromatic nitrogens is 2. The van der Waals surface area contributed by atoms with E-state index in [4.69, 9.17) is 5.26 Å². The van der Waals surface area contributed by atoms with E-state index in [0.717, 1.165) is 4.34 Å². The average molecular weight is 311 g/mol. The fraction of sp³-hybridized carbons (Fsp3) is 0.182. The number of nitrogens with zero attached hydrogens (tertiary/aromatic N) is 3. The molecule has 0 atom stereocenters. The molecule has 98 valence electrons. The maximum atomic E-state index is 12.1. The number of thioether (sulfide) groups is 1. The van der Waals surface area contributed by atoms with Gasteiger partial charge in [0, 0.05) is 5.75 Å². The van der Waals surface area contributed by atoms with Crippen LogP contribution >= 0.6 is 23.1 Å². The van der Waals surface area contributed by atoms with E-state index in [1.807, 2.05) is 6.07 Å². The lowest BCUT2D eigenvalue weighted by Crippen LogP contribution is -2.09. The van der Waals surface area contributed by atoms with Gasteiger partial charge < -0.3 is 0 Å². The molecule has 0 aliphatic carbocycles. The van der Waals surface area contributed by atoms with E-state index in [1.165, 1.54) is 35.2 Å². The minimum Gasteiger partial charge on any atom is -0.224 e. The van der Waals surface area contributed by atoms with Gasteiger partial charge in [0.25, 0.3) is 0 Å². The monoisotopic (exact) mass is 311 g/mol. The average Bonchev–Trinajstić information content (AvgIpc) is 2.92. The molecule has 1 aromatic carbocycles. The summed E-state index contributed by atoms with van der Waals surface area (Å²) in [5, 5.41) is 16.3. The van der Waals surface area contributed by atoms with Gasteiger partial charge in [-0.2, -0.15) is 5.26 Å². The Morgan fingerprint density at radius 1 is 1.42 bits per heavy atom. The molecule has 0 amide bonds. The Hall–Kier alpha value is -1.43. The molecule has 0 N–H and O–H groups in total. The van der Waals surface area contributed by atoms with Crippen LogP contribution in [-0.4, -0.2) is 30.1 Å². The van der Waals surface area contributed by atoms with Gasteiger partial charge in [0.15, 0.2) is 14.2 Å². The van der Waals surface area contributed by atoms with Crippen molar-refractivity contribution in [3.63, 3.8) is 0 Å². The molecule has 0 fully saturated rings. The van der Waals surface area contributed by atoms with E-state index in [1.54, 1.807) is 17.6 Å². The van der Waals surface area contributed by atoms with Gasteiger partial charge in [0.2, 0.25) is 0 Å². The molecular formula is C11H9N3O2S3. The molecule has 0 radical (unpaired) electrons. The van der Waals surface area contributed by atoms with E-state index >= 15 is 0 Å². The summed E-state index contributed by atoms with van der Waals surface area (Å²) in [6, 6.07) is 7.98. The third kappa shape index (κ3) is 3.76. The second-order valence-corrected chi connectivity index (χ2v) is 7.80. The molecular weight excluding hydrogens is 302 g/mol. The summed E-state index contributed by atoms with van der Waals surface area (Å²) in [7, 11) is -3.36. The number of hydrogen-bond acceptors (Lipinski definition) is 7. The van der Waals surface area contributed by atoms with E-state index < -0.39 is 9.84 Å².